The number of aryl methyl sites for hydroxylation is 1. The molecular weight excluding hydrogens is 319 g/mol. The van der Waals surface area contributed by atoms with Crippen molar-refractivity contribution in [3.8, 4) is 17.1 Å². The molecule has 0 saturated carbocycles. The van der Waals surface area contributed by atoms with Crippen LogP contribution >= 0.6 is 0 Å². The van der Waals surface area contributed by atoms with Gasteiger partial charge >= 0.3 is 0 Å². The predicted octanol–water partition coefficient (Wildman–Crippen LogP) is 3.66. The molecule has 0 unspecified atom stereocenters. The molecule has 5 nitrogen and oxygen atoms in total. The van der Waals surface area contributed by atoms with Crippen LogP contribution in [0.2, 0.25) is 0 Å². The number of rotatable bonds is 3. The molecule has 2 aromatic heterocycles. The van der Waals surface area contributed by atoms with Gasteiger partial charge in [0.15, 0.2) is 0 Å². The maximum Gasteiger partial charge on any atom is 0.144 e. The summed E-state index contributed by atoms with van der Waals surface area (Å²) in [7, 11) is 0. The van der Waals surface area contributed by atoms with E-state index in [2.05, 4.69) is 15.0 Å². The summed E-state index contributed by atoms with van der Waals surface area (Å²) in [5.74, 6) is 0.996. The van der Waals surface area contributed by atoms with Gasteiger partial charge in [0.05, 0.1) is 11.0 Å². The Balaban J connectivity index is 1.86. The van der Waals surface area contributed by atoms with Crippen molar-refractivity contribution in [2.24, 2.45) is 0 Å². The lowest BCUT2D eigenvalue weighted by atomic mass is 10.0. The Morgan fingerprint density at radius 1 is 1.20 bits per heavy atom. The summed E-state index contributed by atoms with van der Waals surface area (Å²) in [6, 6.07) is 9.40. The van der Waals surface area contributed by atoms with E-state index in [9.17, 15) is 9.50 Å². The van der Waals surface area contributed by atoms with Crippen LogP contribution in [-0.4, -0.2) is 24.6 Å². The van der Waals surface area contributed by atoms with E-state index in [1.807, 2.05) is 35.0 Å². The van der Waals surface area contributed by atoms with Crippen LogP contribution in [0.5, 0.6) is 0 Å². The molecule has 0 aliphatic rings. The van der Waals surface area contributed by atoms with E-state index in [4.69, 9.17) is 0 Å². The fraction of sp³-hybridized carbons (Fsp3) is 0.158. The summed E-state index contributed by atoms with van der Waals surface area (Å²) < 4.78 is 16.2. The first-order valence-electron chi connectivity index (χ1n) is 7.98. The Hall–Kier alpha value is -2.99. The van der Waals surface area contributed by atoms with Gasteiger partial charge in [0.1, 0.15) is 24.1 Å². The van der Waals surface area contributed by atoms with Crippen LogP contribution in [0, 0.1) is 19.7 Å². The van der Waals surface area contributed by atoms with Gasteiger partial charge in [0, 0.05) is 23.6 Å². The van der Waals surface area contributed by atoms with Crippen molar-refractivity contribution in [3.63, 3.8) is 0 Å². The average molecular weight is 336 g/mol. The van der Waals surface area contributed by atoms with E-state index in [0.29, 0.717) is 22.8 Å². The number of halogens is 1. The average Bonchev–Trinajstić information content (AvgIpc) is 3.25. The van der Waals surface area contributed by atoms with E-state index in [0.717, 1.165) is 22.3 Å². The van der Waals surface area contributed by atoms with Crippen LogP contribution in [-0.2, 0) is 6.61 Å². The third kappa shape index (κ3) is 2.51. The van der Waals surface area contributed by atoms with Gasteiger partial charge in [-0.05, 0) is 43.2 Å². The lowest BCUT2D eigenvalue weighted by Gasteiger charge is -2.12. The van der Waals surface area contributed by atoms with Gasteiger partial charge in [-0.15, -0.1) is 0 Å². The summed E-state index contributed by atoms with van der Waals surface area (Å²) in [6.45, 7) is 3.38. The zero-order valence-electron chi connectivity index (χ0n) is 13.9. The highest BCUT2D eigenvalue weighted by Crippen LogP contribution is 2.28. The Morgan fingerprint density at radius 3 is 2.84 bits per heavy atom. The van der Waals surface area contributed by atoms with E-state index in [1.165, 1.54) is 0 Å². The van der Waals surface area contributed by atoms with Crippen molar-refractivity contribution in [1.82, 2.24) is 19.5 Å². The normalized spacial score (nSPS) is 11.4. The molecule has 6 heteroatoms. The third-order valence-corrected chi connectivity index (χ3v) is 4.40. The lowest BCUT2D eigenvalue weighted by molar-refractivity contribution is 0.273. The number of hydrogen-bond donors (Lipinski definition) is 2. The second kappa shape index (κ2) is 5.82. The molecule has 25 heavy (non-hydrogen) atoms. The number of benzene rings is 2. The summed E-state index contributed by atoms with van der Waals surface area (Å²) in [6.07, 6.45) is 3.54. The molecule has 0 bridgehead atoms. The molecule has 4 rings (SSSR count). The van der Waals surface area contributed by atoms with E-state index in [-0.39, 0.29) is 12.4 Å². The topological polar surface area (TPSA) is 66.7 Å². The summed E-state index contributed by atoms with van der Waals surface area (Å²) in [5, 5.41) is 9.22. The van der Waals surface area contributed by atoms with Gasteiger partial charge in [-0.1, -0.05) is 12.1 Å². The Labute approximate surface area is 143 Å². The quantitative estimate of drug-likeness (QED) is 0.600. The van der Waals surface area contributed by atoms with Gasteiger partial charge in [-0.3, -0.25) is 4.57 Å². The summed E-state index contributed by atoms with van der Waals surface area (Å²) >= 11 is 0. The molecular formula is C19H17FN4O. The smallest absolute Gasteiger partial charge is 0.144 e. The van der Waals surface area contributed by atoms with Crippen LogP contribution in [0.15, 0.2) is 42.7 Å². The number of imidazole rings is 2. The van der Waals surface area contributed by atoms with Crippen molar-refractivity contribution in [1.29, 1.82) is 0 Å². The molecule has 0 saturated heterocycles. The standard InChI is InChI=1S/C19H17FN4O/c1-11-3-5-14(12(2)18(11)20)19-21-7-8-24(19)13-4-6-15-16(9-13)23-17(10-25)22-15/h3-9,25H,10H2,1-2H3,(H,22,23). The number of H-pyrrole nitrogens is 1. The van der Waals surface area contributed by atoms with Crippen LogP contribution in [0.4, 0.5) is 4.39 Å². The van der Waals surface area contributed by atoms with Crippen molar-refractivity contribution >= 4 is 11.0 Å². The monoisotopic (exact) mass is 336 g/mol. The fourth-order valence-electron chi connectivity index (χ4n) is 3.05. The fourth-order valence-corrected chi connectivity index (χ4v) is 3.05. The molecule has 2 heterocycles. The molecule has 0 aliphatic carbocycles. The first-order valence-corrected chi connectivity index (χ1v) is 7.98. The number of fused-ring (bicyclic) bond motifs is 1. The highest BCUT2D eigenvalue weighted by atomic mass is 19.1. The summed E-state index contributed by atoms with van der Waals surface area (Å²) in [5.41, 5.74) is 4.45. The number of aliphatic hydroxyl groups excluding tert-OH is 1. The van der Waals surface area contributed by atoms with Crippen LogP contribution in [0.3, 0.4) is 0 Å². The number of nitrogens with one attached hydrogen (secondary N) is 1. The molecule has 2 aromatic carbocycles. The van der Waals surface area contributed by atoms with Crippen molar-refractivity contribution in [2.45, 2.75) is 20.5 Å². The van der Waals surface area contributed by atoms with Gasteiger partial charge in [0.2, 0.25) is 0 Å². The maximum atomic E-state index is 14.3. The molecule has 0 amide bonds. The second-order valence-corrected chi connectivity index (χ2v) is 6.03. The van der Waals surface area contributed by atoms with Crippen molar-refractivity contribution < 1.29 is 9.50 Å². The first kappa shape index (κ1) is 15.5. The van der Waals surface area contributed by atoms with E-state index < -0.39 is 0 Å². The van der Waals surface area contributed by atoms with E-state index in [1.54, 1.807) is 26.1 Å². The Kier molecular flexibility index (Phi) is 3.62. The number of aliphatic hydroxyl groups is 1. The SMILES string of the molecule is Cc1ccc(-c2nccn2-c2ccc3nc(CO)[nH]c3c2)c(C)c1F. The van der Waals surface area contributed by atoms with Crippen molar-refractivity contribution in [2.75, 3.05) is 0 Å². The van der Waals surface area contributed by atoms with Crippen LogP contribution in [0.25, 0.3) is 28.1 Å². The minimum absolute atomic E-state index is 0.137. The predicted molar refractivity (Wildman–Crippen MR) is 94.0 cm³/mol. The molecule has 0 atom stereocenters. The maximum absolute atomic E-state index is 14.3. The molecule has 126 valence electrons. The zero-order valence-corrected chi connectivity index (χ0v) is 13.9. The lowest BCUT2D eigenvalue weighted by Crippen LogP contribution is -2.00. The van der Waals surface area contributed by atoms with Gasteiger partial charge < -0.3 is 10.1 Å². The first-order chi connectivity index (χ1) is 12.1. The molecule has 0 fully saturated rings. The number of nitrogens with zero attached hydrogens (tertiary/aromatic N) is 3. The van der Waals surface area contributed by atoms with Gasteiger partial charge in [-0.25, -0.2) is 14.4 Å². The zero-order chi connectivity index (χ0) is 17.6. The van der Waals surface area contributed by atoms with Gasteiger partial charge in [0.25, 0.3) is 0 Å². The number of hydrogen-bond acceptors (Lipinski definition) is 3. The number of aromatic nitrogens is 4. The minimum Gasteiger partial charge on any atom is -0.388 e. The molecule has 4 aromatic rings. The second-order valence-electron chi connectivity index (χ2n) is 6.03. The highest BCUT2D eigenvalue weighted by Gasteiger charge is 2.14. The summed E-state index contributed by atoms with van der Waals surface area (Å²) in [4.78, 5) is 11.8. The third-order valence-electron chi connectivity index (χ3n) is 4.40. The van der Waals surface area contributed by atoms with Crippen LogP contribution in [0.1, 0.15) is 17.0 Å². The molecule has 2 N–H and O–H groups in total. The molecule has 0 radical (unpaired) electrons. The molecule has 0 spiro atoms. The highest BCUT2D eigenvalue weighted by molar-refractivity contribution is 5.78. The largest absolute Gasteiger partial charge is 0.388 e. The van der Waals surface area contributed by atoms with Crippen LogP contribution < -0.4 is 0 Å². The van der Waals surface area contributed by atoms with Gasteiger partial charge in [-0.2, -0.15) is 0 Å². The molecule has 0 aliphatic heterocycles. The number of aromatic amines is 1. The minimum atomic E-state index is -0.205. The Morgan fingerprint density at radius 2 is 2.04 bits per heavy atom. The van der Waals surface area contributed by atoms with Crippen molar-refractivity contribution in [3.05, 3.63) is 65.5 Å². The van der Waals surface area contributed by atoms with E-state index >= 15 is 0 Å². The Bertz CT molecular complexity index is 1080.